The maximum Gasteiger partial charge on any atom is 0.0724 e. The standard InChI is InChI=1S/C17H18N4/c1-21(12-8-13-6-10-19-11-7-13)16-5-4-15-14(17(16)18)3-2-9-20-15/h2-7,9-11H,8,12,18H2,1H3. The molecule has 0 atom stereocenters. The molecule has 0 fully saturated rings. The monoisotopic (exact) mass is 278 g/mol. The first-order valence-corrected chi connectivity index (χ1v) is 6.99. The van der Waals surface area contributed by atoms with Crippen LogP contribution in [-0.2, 0) is 6.42 Å². The molecule has 0 saturated heterocycles. The molecule has 2 heterocycles. The van der Waals surface area contributed by atoms with E-state index in [0.29, 0.717) is 0 Å². The van der Waals surface area contributed by atoms with Gasteiger partial charge in [-0.3, -0.25) is 9.97 Å². The van der Waals surface area contributed by atoms with Crippen LogP contribution in [0.1, 0.15) is 5.56 Å². The summed E-state index contributed by atoms with van der Waals surface area (Å²) in [7, 11) is 2.06. The molecule has 0 aliphatic carbocycles. The summed E-state index contributed by atoms with van der Waals surface area (Å²) < 4.78 is 0. The van der Waals surface area contributed by atoms with Crippen LogP contribution in [0.15, 0.2) is 55.0 Å². The maximum absolute atomic E-state index is 6.30. The topological polar surface area (TPSA) is 55.0 Å². The Labute approximate surface area is 124 Å². The van der Waals surface area contributed by atoms with Gasteiger partial charge in [-0.05, 0) is 48.4 Å². The van der Waals surface area contributed by atoms with E-state index in [1.54, 1.807) is 6.20 Å². The molecule has 0 radical (unpaired) electrons. The lowest BCUT2D eigenvalue weighted by Gasteiger charge is -2.22. The van der Waals surface area contributed by atoms with Crippen molar-refractivity contribution >= 4 is 22.3 Å². The number of aromatic nitrogens is 2. The number of rotatable bonds is 4. The molecular weight excluding hydrogens is 260 g/mol. The molecule has 3 aromatic rings. The van der Waals surface area contributed by atoms with E-state index in [-0.39, 0.29) is 0 Å². The van der Waals surface area contributed by atoms with Crippen LogP contribution in [0.25, 0.3) is 10.9 Å². The van der Waals surface area contributed by atoms with E-state index < -0.39 is 0 Å². The number of pyridine rings is 2. The number of fused-ring (bicyclic) bond motifs is 1. The third-order valence-electron chi connectivity index (χ3n) is 3.70. The highest BCUT2D eigenvalue weighted by molar-refractivity contribution is 5.97. The summed E-state index contributed by atoms with van der Waals surface area (Å²) >= 11 is 0. The minimum atomic E-state index is 0.790. The van der Waals surface area contributed by atoms with Gasteiger partial charge in [0.15, 0.2) is 0 Å². The lowest BCUT2D eigenvalue weighted by molar-refractivity contribution is 0.876. The van der Waals surface area contributed by atoms with Crippen molar-refractivity contribution in [3.8, 4) is 0 Å². The van der Waals surface area contributed by atoms with Gasteiger partial charge >= 0.3 is 0 Å². The fraction of sp³-hybridized carbons (Fsp3) is 0.176. The fourth-order valence-electron chi connectivity index (χ4n) is 2.46. The van der Waals surface area contributed by atoms with Gasteiger partial charge in [-0.1, -0.05) is 0 Å². The molecule has 2 aromatic heterocycles. The minimum Gasteiger partial charge on any atom is -0.396 e. The molecule has 0 saturated carbocycles. The van der Waals surface area contributed by atoms with Gasteiger partial charge in [0.2, 0.25) is 0 Å². The number of nitrogens with zero attached hydrogens (tertiary/aromatic N) is 3. The van der Waals surface area contributed by atoms with Crippen LogP contribution in [0.2, 0.25) is 0 Å². The van der Waals surface area contributed by atoms with E-state index in [1.165, 1.54) is 5.56 Å². The number of nitrogens with two attached hydrogens (primary N) is 1. The first kappa shape index (κ1) is 13.4. The molecule has 0 amide bonds. The second-order valence-corrected chi connectivity index (χ2v) is 5.10. The zero-order chi connectivity index (χ0) is 14.7. The molecule has 0 aliphatic heterocycles. The SMILES string of the molecule is CN(CCc1ccncc1)c1ccc2ncccc2c1N. The van der Waals surface area contributed by atoms with Gasteiger partial charge in [0, 0.05) is 37.6 Å². The van der Waals surface area contributed by atoms with Crippen molar-refractivity contribution in [3.63, 3.8) is 0 Å². The van der Waals surface area contributed by atoms with E-state index in [4.69, 9.17) is 5.73 Å². The zero-order valence-electron chi connectivity index (χ0n) is 12.0. The number of benzene rings is 1. The lowest BCUT2D eigenvalue weighted by atomic mass is 10.1. The third kappa shape index (κ3) is 2.79. The van der Waals surface area contributed by atoms with Crippen LogP contribution >= 0.6 is 0 Å². The molecule has 0 unspecified atom stereocenters. The summed E-state index contributed by atoms with van der Waals surface area (Å²) in [6.45, 7) is 0.903. The highest BCUT2D eigenvalue weighted by atomic mass is 15.1. The van der Waals surface area contributed by atoms with Crippen molar-refractivity contribution in [1.29, 1.82) is 0 Å². The van der Waals surface area contributed by atoms with Crippen molar-refractivity contribution < 1.29 is 0 Å². The predicted molar refractivity (Wildman–Crippen MR) is 87.4 cm³/mol. The highest BCUT2D eigenvalue weighted by Gasteiger charge is 2.09. The third-order valence-corrected chi connectivity index (χ3v) is 3.70. The molecule has 0 spiro atoms. The van der Waals surface area contributed by atoms with E-state index in [1.807, 2.05) is 48.8 Å². The molecule has 0 aliphatic rings. The Morgan fingerprint density at radius 2 is 1.86 bits per heavy atom. The van der Waals surface area contributed by atoms with Gasteiger partial charge in [-0.15, -0.1) is 0 Å². The fourth-order valence-corrected chi connectivity index (χ4v) is 2.46. The Kier molecular flexibility index (Phi) is 3.69. The second-order valence-electron chi connectivity index (χ2n) is 5.10. The van der Waals surface area contributed by atoms with E-state index in [0.717, 1.165) is 35.2 Å². The lowest BCUT2D eigenvalue weighted by Crippen LogP contribution is -2.21. The molecule has 3 rings (SSSR count). The number of anilines is 2. The van der Waals surface area contributed by atoms with Gasteiger partial charge in [-0.2, -0.15) is 0 Å². The summed E-state index contributed by atoms with van der Waals surface area (Å²) in [6, 6.07) is 12.1. The van der Waals surface area contributed by atoms with Gasteiger partial charge in [0.05, 0.1) is 16.9 Å². The molecule has 106 valence electrons. The van der Waals surface area contributed by atoms with Crippen LogP contribution in [0.3, 0.4) is 0 Å². The molecule has 4 heteroatoms. The molecule has 4 nitrogen and oxygen atoms in total. The summed E-state index contributed by atoms with van der Waals surface area (Å²) in [4.78, 5) is 10.6. The van der Waals surface area contributed by atoms with Crippen LogP contribution in [-0.4, -0.2) is 23.6 Å². The van der Waals surface area contributed by atoms with Gasteiger partial charge in [0.25, 0.3) is 0 Å². The number of likely N-dealkylation sites (N-methyl/N-ethyl adjacent to an activating group) is 1. The summed E-state index contributed by atoms with van der Waals surface area (Å²) in [6.07, 6.45) is 6.40. The Hall–Kier alpha value is -2.62. The second kappa shape index (κ2) is 5.79. The average molecular weight is 278 g/mol. The molecule has 2 N–H and O–H groups in total. The quantitative estimate of drug-likeness (QED) is 0.746. The van der Waals surface area contributed by atoms with Gasteiger partial charge in [-0.25, -0.2) is 0 Å². The Morgan fingerprint density at radius 3 is 2.67 bits per heavy atom. The van der Waals surface area contributed by atoms with Crippen LogP contribution < -0.4 is 10.6 Å². The maximum atomic E-state index is 6.30. The van der Waals surface area contributed by atoms with Crippen molar-refractivity contribution in [2.45, 2.75) is 6.42 Å². The minimum absolute atomic E-state index is 0.790. The summed E-state index contributed by atoms with van der Waals surface area (Å²) in [5.74, 6) is 0. The highest BCUT2D eigenvalue weighted by Crippen LogP contribution is 2.29. The van der Waals surface area contributed by atoms with E-state index >= 15 is 0 Å². The largest absolute Gasteiger partial charge is 0.396 e. The number of hydrogen-bond donors (Lipinski definition) is 1. The number of hydrogen-bond acceptors (Lipinski definition) is 4. The van der Waals surface area contributed by atoms with E-state index in [9.17, 15) is 0 Å². The molecule has 21 heavy (non-hydrogen) atoms. The van der Waals surface area contributed by atoms with Gasteiger partial charge in [0.1, 0.15) is 0 Å². The van der Waals surface area contributed by atoms with Crippen LogP contribution in [0.4, 0.5) is 11.4 Å². The molecular formula is C17H18N4. The van der Waals surface area contributed by atoms with Crippen molar-refractivity contribution in [2.75, 3.05) is 24.2 Å². The van der Waals surface area contributed by atoms with E-state index in [2.05, 4.69) is 21.9 Å². The summed E-state index contributed by atoms with van der Waals surface area (Å²) in [5, 5.41) is 1.01. The Bertz CT molecular complexity index is 740. The first-order chi connectivity index (χ1) is 10.3. The average Bonchev–Trinajstić information content (AvgIpc) is 2.54. The number of nitrogen functional groups attached to an aromatic ring is 1. The molecule has 1 aromatic carbocycles. The zero-order valence-corrected chi connectivity index (χ0v) is 12.0. The van der Waals surface area contributed by atoms with Crippen molar-refractivity contribution in [2.24, 2.45) is 0 Å². The van der Waals surface area contributed by atoms with Crippen molar-refractivity contribution in [1.82, 2.24) is 9.97 Å². The van der Waals surface area contributed by atoms with Crippen LogP contribution in [0.5, 0.6) is 0 Å². The van der Waals surface area contributed by atoms with Gasteiger partial charge < -0.3 is 10.6 Å². The first-order valence-electron chi connectivity index (χ1n) is 6.99. The summed E-state index contributed by atoms with van der Waals surface area (Å²) in [5.41, 5.74) is 10.3. The molecule has 0 bridgehead atoms. The normalized spacial score (nSPS) is 10.7. The Morgan fingerprint density at radius 1 is 1.05 bits per heavy atom. The van der Waals surface area contributed by atoms with Crippen LogP contribution in [0, 0.1) is 0 Å². The smallest absolute Gasteiger partial charge is 0.0724 e. The Balaban J connectivity index is 1.81. The van der Waals surface area contributed by atoms with Crippen molar-refractivity contribution in [3.05, 3.63) is 60.6 Å². The predicted octanol–water partition coefficient (Wildman–Crippen LogP) is 2.89.